The fourth-order valence-corrected chi connectivity index (χ4v) is 5.93. The second kappa shape index (κ2) is 12.0. The minimum Gasteiger partial charge on any atom is -0.379 e. The van der Waals surface area contributed by atoms with Gasteiger partial charge in [0.2, 0.25) is 0 Å². The van der Waals surface area contributed by atoms with Crippen LogP contribution in [0.1, 0.15) is 71.6 Å². The number of nitrogens with one attached hydrogen (secondary N) is 4. The Morgan fingerprint density at radius 2 is 1.72 bits per heavy atom. The molecule has 0 aromatic rings. The zero-order valence-corrected chi connectivity index (χ0v) is 19.2. The molecule has 0 bridgehead atoms. The number of rotatable bonds is 9. The molecule has 6 nitrogen and oxygen atoms in total. The van der Waals surface area contributed by atoms with Gasteiger partial charge in [0.15, 0.2) is 0 Å². The molecule has 0 amide bonds. The summed E-state index contributed by atoms with van der Waals surface area (Å²) in [5.74, 6) is 2.36. The molecule has 3 aliphatic rings. The second-order valence-electron chi connectivity index (χ2n) is 9.67. The fraction of sp³-hybridized carbons (Fsp3) is 1.00. The van der Waals surface area contributed by atoms with E-state index in [9.17, 15) is 0 Å². The van der Waals surface area contributed by atoms with Crippen LogP contribution in [0.25, 0.3) is 0 Å². The summed E-state index contributed by atoms with van der Waals surface area (Å²) in [7, 11) is 3.63. The van der Waals surface area contributed by atoms with Gasteiger partial charge in [-0.05, 0) is 62.8 Å². The maximum absolute atomic E-state index is 5.66. The summed E-state index contributed by atoms with van der Waals surface area (Å²) >= 11 is 0. The van der Waals surface area contributed by atoms with Crippen LogP contribution in [-0.2, 0) is 9.47 Å². The number of ether oxygens (including phenoxy) is 2. The standard InChI is InChI=1S/C23H46N4O2/c1-5-18-8-6-7-16(2)23(18)27-22-14-21(25-15-26-22)24-12-11-17-9-10-19(28-3)20(13-17)29-4/h16-27H,5-15H2,1-4H3. The minimum atomic E-state index is 0.258. The van der Waals surface area contributed by atoms with E-state index in [0.29, 0.717) is 18.4 Å². The summed E-state index contributed by atoms with van der Waals surface area (Å²) in [5.41, 5.74) is 0. The van der Waals surface area contributed by atoms with Crippen LogP contribution in [-0.4, -0.2) is 58.0 Å². The van der Waals surface area contributed by atoms with Crippen molar-refractivity contribution in [3.05, 3.63) is 0 Å². The summed E-state index contributed by atoms with van der Waals surface area (Å²) < 4.78 is 11.2. The summed E-state index contributed by atoms with van der Waals surface area (Å²) in [6, 6.07) is 0.659. The van der Waals surface area contributed by atoms with E-state index in [1.807, 2.05) is 14.2 Å². The van der Waals surface area contributed by atoms with E-state index in [-0.39, 0.29) is 12.2 Å². The summed E-state index contributed by atoms with van der Waals surface area (Å²) in [6.07, 6.45) is 12.6. The van der Waals surface area contributed by atoms with Gasteiger partial charge in [-0.3, -0.25) is 16.0 Å². The predicted octanol–water partition coefficient (Wildman–Crippen LogP) is 2.79. The van der Waals surface area contributed by atoms with Gasteiger partial charge in [-0.15, -0.1) is 0 Å². The first-order chi connectivity index (χ1) is 14.1. The zero-order valence-electron chi connectivity index (χ0n) is 19.2. The molecule has 1 saturated heterocycles. The highest BCUT2D eigenvalue weighted by atomic mass is 16.5. The number of methoxy groups -OCH3 is 2. The van der Waals surface area contributed by atoms with Crippen molar-refractivity contribution in [1.29, 1.82) is 0 Å². The molecule has 1 heterocycles. The molecule has 4 N–H and O–H groups in total. The lowest BCUT2D eigenvalue weighted by Gasteiger charge is -2.42. The van der Waals surface area contributed by atoms with Gasteiger partial charge in [-0.2, -0.15) is 0 Å². The van der Waals surface area contributed by atoms with E-state index < -0.39 is 0 Å². The molecule has 2 aliphatic carbocycles. The molecule has 3 rings (SSSR count). The van der Waals surface area contributed by atoms with Gasteiger partial charge in [-0.1, -0.05) is 26.7 Å². The molecule has 8 unspecified atom stereocenters. The molecule has 2 saturated carbocycles. The Bertz CT molecular complexity index is 466. The van der Waals surface area contributed by atoms with E-state index in [1.165, 1.54) is 38.5 Å². The van der Waals surface area contributed by atoms with Crippen molar-refractivity contribution in [3.8, 4) is 0 Å². The van der Waals surface area contributed by atoms with Crippen LogP contribution in [0.15, 0.2) is 0 Å². The lowest BCUT2D eigenvalue weighted by Crippen LogP contribution is -2.63. The zero-order chi connectivity index (χ0) is 20.6. The molecule has 8 atom stereocenters. The molecule has 3 fully saturated rings. The minimum absolute atomic E-state index is 0.258. The average Bonchev–Trinajstić information content (AvgIpc) is 2.75. The predicted molar refractivity (Wildman–Crippen MR) is 119 cm³/mol. The Balaban J connectivity index is 1.38. The van der Waals surface area contributed by atoms with Crippen LogP contribution in [0, 0.1) is 17.8 Å². The van der Waals surface area contributed by atoms with Crippen molar-refractivity contribution >= 4 is 0 Å². The van der Waals surface area contributed by atoms with E-state index in [0.717, 1.165) is 50.2 Å². The van der Waals surface area contributed by atoms with Gasteiger partial charge in [0.25, 0.3) is 0 Å². The molecule has 170 valence electrons. The normalized spacial score (nSPS) is 41.4. The van der Waals surface area contributed by atoms with Crippen LogP contribution >= 0.6 is 0 Å². The lowest BCUT2D eigenvalue weighted by atomic mass is 9.76. The van der Waals surface area contributed by atoms with Crippen molar-refractivity contribution in [2.75, 3.05) is 27.4 Å². The molecule has 0 radical (unpaired) electrons. The smallest absolute Gasteiger partial charge is 0.0835 e. The van der Waals surface area contributed by atoms with E-state index in [2.05, 4.69) is 35.1 Å². The van der Waals surface area contributed by atoms with E-state index >= 15 is 0 Å². The first-order valence-corrected chi connectivity index (χ1v) is 12.2. The largest absolute Gasteiger partial charge is 0.379 e. The molecule has 29 heavy (non-hydrogen) atoms. The van der Waals surface area contributed by atoms with Gasteiger partial charge in [0.05, 0.1) is 24.5 Å². The van der Waals surface area contributed by atoms with Gasteiger partial charge < -0.3 is 14.8 Å². The average molecular weight is 411 g/mol. The highest BCUT2D eigenvalue weighted by Crippen LogP contribution is 2.32. The Morgan fingerprint density at radius 1 is 0.931 bits per heavy atom. The maximum Gasteiger partial charge on any atom is 0.0835 e. The quantitative estimate of drug-likeness (QED) is 0.469. The summed E-state index contributed by atoms with van der Waals surface area (Å²) in [4.78, 5) is 0. The van der Waals surface area contributed by atoms with Crippen LogP contribution in [0.4, 0.5) is 0 Å². The fourth-order valence-electron chi connectivity index (χ4n) is 5.93. The summed E-state index contributed by atoms with van der Waals surface area (Å²) in [6.45, 7) is 6.73. The first kappa shape index (κ1) is 23.4. The highest BCUT2D eigenvalue weighted by Gasteiger charge is 2.33. The Morgan fingerprint density at radius 3 is 2.48 bits per heavy atom. The van der Waals surface area contributed by atoms with Crippen molar-refractivity contribution in [2.24, 2.45) is 17.8 Å². The third kappa shape index (κ3) is 6.62. The van der Waals surface area contributed by atoms with Crippen LogP contribution in [0.2, 0.25) is 0 Å². The first-order valence-electron chi connectivity index (χ1n) is 12.2. The monoisotopic (exact) mass is 410 g/mol. The molecule has 0 aromatic carbocycles. The lowest BCUT2D eigenvalue weighted by molar-refractivity contribution is -0.0710. The van der Waals surface area contributed by atoms with Crippen LogP contribution in [0.3, 0.4) is 0 Å². The van der Waals surface area contributed by atoms with Crippen molar-refractivity contribution in [2.45, 2.75) is 102 Å². The van der Waals surface area contributed by atoms with Gasteiger partial charge in [0.1, 0.15) is 0 Å². The van der Waals surface area contributed by atoms with E-state index in [1.54, 1.807) is 0 Å². The Kier molecular flexibility index (Phi) is 9.66. The van der Waals surface area contributed by atoms with Gasteiger partial charge >= 0.3 is 0 Å². The van der Waals surface area contributed by atoms with Crippen molar-refractivity contribution in [3.63, 3.8) is 0 Å². The van der Waals surface area contributed by atoms with Crippen molar-refractivity contribution in [1.82, 2.24) is 21.3 Å². The Hall–Kier alpha value is -0.240. The number of hydrogen-bond acceptors (Lipinski definition) is 6. The molecule has 1 aliphatic heterocycles. The van der Waals surface area contributed by atoms with E-state index in [4.69, 9.17) is 9.47 Å². The van der Waals surface area contributed by atoms with Gasteiger partial charge in [0, 0.05) is 33.4 Å². The van der Waals surface area contributed by atoms with Crippen molar-refractivity contribution < 1.29 is 9.47 Å². The van der Waals surface area contributed by atoms with Crippen LogP contribution in [0.5, 0.6) is 0 Å². The molecule has 0 aromatic heterocycles. The Labute approximate surface area is 178 Å². The molecule has 6 heteroatoms. The third-order valence-electron chi connectivity index (χ3n) is 7.83. The summed E-state index contributed by atoms with van der Waals surface area (Å²) in [5, 5.41) is 15.0. The molecular weight excluding hydrogens is 364 g/mol. The topological polar surface area (TPSA) is 66.6 Å². The third-order valence-corrected chi connectivity index (χ3v) is 7.83. The number of hydrogen-bond donors (Lipinski definition) is 4. The highest BCUT2D eigenvalue weighted by molar-refractivity contribution is 4.89. The van der Waals surface area contributed by atoms with Crippen LogP contribution < -0.4 is 21.3 Å². The molecular formula is C23H46N4O2. The second-order valence-corrected chi connectivity index (χ2v) is 9.67. The SMILES string of the molecule is CCC1CCCC(C)C1NC1CC(NCCC2CCC(OC)C(OC)C2)NCN1. The maximum atomic E-state index is 5.66. The van der Waals surface area contributed by atoms with Gasteiger partial charge in [-0.25, -0.2) is 0 Å². The molecule has 0 spiro atoms.